The summed E-state index contributed by atoms with van der Waals surface area (Å²) in [4.78, 5) is 26.2. The fraction of sp³-hybridized carbons (Fsp3) is 0.688. The van der Waals surface area contributed by atoms with Crippen molar-refractivity contribution in [1.29, 1.82) is 0 Å². The molecule has 0 radical (unpaired) electrons. The van der Waals surface area contributed by atoms with Gasteiger partial charge in [-0.05, 0) is 37.8 Å². The zero-order chi connectivity index (χ0) is 30.5. The number of hydrogen-bond acceptors (Lipinski definition) is 10. The smallest absolute Gasteiger partial charge is 0.307 e. The van der Waals surface area contributed by atoms with Gasteiger partial charge in [0, 0.05) is 30.8 Å². The molecule has 12 unspecified atom stereocenters. The first-order valence-corrected chi connectivity index (χ1v) is 15.0. The molecule has 12 atom stereocenters. The summed E-state index contributed by atoms with van der Waals surface area (Å²) in [5.74, 6) is -5.58. The largest absolute Gasteiger partial charge is 0.459 e. The van der Waals surface area contributed by atoms with Crippen molar-refractivity contribution in [2.24, 2.45) is 17.8 Å². The summed E-state index contributed by atoms with van der Waals surface area (Å²) in [6.45, 7) is 12.2. The van der Waals surface area contributed by atoms with Gasteiger partial charge in [0.25, 0.3) is 0 Å². The average molecular weight is 587 g/mol. The summed E-state index contributed by atoms with van der Waals surface area (Å²) < 4.78 is 32.4. The number of allylic oxidation sites excluding steroid dienone is 3. The quantitative estimate of drug-likeness (QED) is 0.121. The Morgan fingerprint density at radius 1 is 1.17 bits per heavy atom. The third-order valence-corrected chi connectivity index (χ3v) is 10.6. The van der Waals surface area contributed by atoms with Crippen LogP contribution in [0.15, 0.2) is 48.1 Å². The van der Waals surface area contributed by atoms with Gasteiger partial charge in [-0.15, -0.1) is 0 Å². The molecule has 0 amide bonds. The molecule has 3 heterocycles. The molecule has 6 aliphatic rings. The number of carbonyl (C=O) groups is 2. The predicted octanol–water partition coefficient (Wildman–Crippen LogP) is 2.41. The first-order valence-electron chi connectivity index (χ1n) is 15.0. The van der Waals surface area contributed by atoms with E-state index in [-0.39, 0.29) is 5.57 Å². The molecular formula is C32H42O10. The lowest BCUT2D eigenvalue weighted by Crippen LogP contribution is -2.76. The van der Waals surface area contributed by atoms with Crippen molar-refractivity contribution in [1.82, 2.24) is 0 Å². The Bertz CT molecular complexity index is 1290. The number of aliphatic hydroxyl groups excluding tert-OH is 2. The lowest BCUT2D eigenvalue weighted by molar-refractivity contribution is -0.407. The Kier molecular flexibility index (Phi) is 6.87. The van der Waals surface area contributed by atoms with Gasteiger partial charge in [0.2, 0.25) is 0 Å². The minimum absolute atomic E-state index is 0.248. The van der Waals surface area contributed by atoms with Crippen LogP contribution in [0.4, 0.5) is 0 Å². The summed E-state index contributed by atoms with van der Waals surface area (Å²) in [5, 5.41) is 34.4. The summed E-state index contributed by atoms with van der Waals surface area (Å²) in [6.07, 6.45) is 8.71. The number of Topliss-reactive ketones (excluding diaryl/α,β-unsaturated/α-hetero) is 1. The fourth-order valence-corrected chi connectivity index (χ4v) is 8.66. The second-order valence-corrected chi connectivity index (χ2v) is 12.9. The number of epoxide rings is 1. The Morgan fingerprint density at radius 3 is 2.55 bits per heavy atom. The molecule has 3 aliphatic carbocycles. The number of aliphatic hydroxyl groups is 3. The summed E-state index contributed by atoms with van der Waals surface area (Å²) in [5.41, 5.74) is -6.12. The molecule has 230 valence electrons. The van der Waals surface area contributed by atoms with Gasteiger partial charge in [-0.3, -0.25) is 9.59 Å². The molecule has 0 spiro atoms. The fourth-order valence-electron chi connectivity index (χ4n) is 8.66. The number of fused-ring (bicyclic) bond motifs is 3. The maximum absolute atomic E-state index is 13.7. The van der Waals surface area contributed by atoms with Crippen molar-refractivity contribution in [3.05, 3.63) is 48.1 Å². The normalized spacial score (nSPS) is 50.0. The standard InChI is InChI=1S/C32H42O10/c1-7-8-9-10-11-12-13-14-29-40-26-22-25-28(16-33,39-25)27(36)30(37)21(15-18(4)23(30)35)32(22,42-29)19(5)24(38-20(6)34)31(26,41-29)17(2)3/h11-15,19,21-22,24-27,33,36-37H,2,7-10,16H2,1,3-6H3/b12-11+,14-13+. The highest BCUT2D eigenvalue weighted by molar-refractivity contribution is 6.05. The monoisotopic (exact) mass is 586 g/mol. The molecule has 3 bridgehead atoms. The number of ketones is 1. The van der Waals surface area contributed by atoms with Crippen LogP contribution < -0.4 is 0 Å². The molecule has 0 aromatic rings. The van der Waals surface area contributed by atoms with Crippen LogP contribution in [-0.2, 0) is 33.3 Å². The summed E-state index contributed by atoms with van der Waals surface area (Å²) in [7, 11) is 0. The maximum atomic E-state index is 13.7. The highest BCUT2D eigenvalue weighted by atomic mass is 16.9. The third kappa shape index (κ3) is 3.51. The van der Waals surface area contributed by atoms with Gasteiger partial charge in [0.1, 0.15) is 30.0 Å². The van der Waals surface area contributed by atoms with Gasteiger partial charge < -0.3 is 39.0 Å². The van der Waals surface area contributed by atoms with Crippen LogP contribution >= 0.6 is 0 Å². The number of carbonyl (C=O) groups excluding carboxylic acids is 2. The van der Waals surface area contributed by atoms with E-state index in [1.165, 1.54) is 6.92 Å². The van der Waals surface area contributed by atoms with Crippen molar-refractivity contribution in [2.75, 3.05) is 6.61 Å². The van der Waals surface area contributed by atoms with Crippen LogP contribution in [0, 0.1) is 17.8 Å². The Morgan fingerprint density at radius 2 is 1.90 bits per heavy atom. The summed E-state index contributed by atoms with van der Waals surface area (Å²) in [6, 6.07) is 0. The topological polar surface area (TPSA) is 144 Å². The Balaban J connectivity index is 1.55. The second-order valence-electron chi connectivity index (χ2n) is 12.9. The molecule has 10 nitrogen and oxygen atoms in total. The molecular weight excluding hydrogens is 544 g/mol. The van der Waals surface area contributed by atoms with E-state index in [2.05, 4.69) is 13.5 Å². The molecule has 2 saturated carbocycles. The third-order valence-electron chi connectivity index (χ3n) is 10.6. The number of hydrogen-bond donors (Lipinski definition) is 3. The molecule has 5 fully saturated rings. The van der Waals surface area contributed by atoms with Gasteiger partial charge in [-0.25, -0.2) is 0 Å². The van der Waals surface area contributed by atoms with Gasteiger partial charge in [0.15, 0.2) is 17.0 Å². The number of rotatable bonds is 9. The highest BCUT2D eigenvalue weighted by Gasteiger charge is 2.90. The molecule has 42 heavy (non-hydrogen) atoms. The molecule has 0 aromatic carbocycles. The minimum Gasteiger partial charge on any atom is -0.459 e. The van der Waals surface area contributed by atoms with E-state index in [1.807, 2.05) is 19.1 Å². The van der Waals surface area contributed by atoms with E-state index < -0.39 is 88.9 Å². The van der Waals surface area contributed by atoms with Crippen molar-refractivity contribution < 1.29 is 48.6 Å². The van der Waals surface area contributed by atoms with Crippen LogP contribution in [0.3, 0.4) is 0 Å². The van der Waals surface area contributed by atoms with E-state index in [0.29, 0.717) is 5.57 Å². The zero-order valence-corrected chi connectivity index (χ0v) is 24.9. The number of unbranched alkanes of at least 4 members (excludes halogenated alkanes) is 3. The molecule has 10 heteroatoms. The van der Waals surface area contributed by atoms with Gasteiger partial charge in [0.05, 0.1) is 12.2 Å². The predicted molar refractivity (Wildman–Crippen MR) is 149 cm³/mol. The SMILES string of the molecule is C=C(C)C12OC3(/C=C/C=C/CCCCC)OC1C1C4OC4(CO)C(O)C4(O)C(=O)C(C)=CC4C1(O3)C(C)C2OC(C)=O. The Labute approximate surface area is 246 Å². The van der Waals surface area contributed by atoms with Crippen LogP contribution in [0.5, 0.6) is 0 Å². The summed E-state index contributed by atoms with van der Waals surface area (Å²) >= 11 is 0. The molecule has 6 rings (SSSR count). The van der Waals surface area contributed by atoms with Crippen LogP contribution in [0.1, 0.15) is 60.3 Å². The van der Waals surface area contributed by atoms with E-state index in [1.54, 1.807) is 32.1 Å². The van der Waals surface area contributed by atoms with E-state index >= 15 is 0 Å². The maximum Gasteiger partial charge on any atom is 0.307 e. The van der Waals surface area contributed by atoms with E-state index in [0.717, 1.165) is 25.7 Å². The Hall–Kier alpha value is -2.18. The number of esters is 1. The molecule has 3 aliphatic heterocycles. The molecule has 0 aromatic heterocycles. The van der Waals surface area contributed by atoms with E-state index in [9.17, 15) is 24.9 Å². The van der Waals surface area contributed by atoms with Crippen molar-refractivity contribution in [3.63, 3.8) is 0 Å². The number of ether oxygens (including phenoxy) is 5. The molecule has 3 saturated heterocycles. The van der Waals surface area contributed by atoms with Gasteiger partial charge in [-0.1, -0.05) is 57.6 Å². The van der Waals surface area contributed by atoms with Crippen molar-refractivity contribution >= 4 is 11.8 Å². The average Bonchev–Trinajstić information content (AvgIpc) is 3.57. The lowest BCUT2D eigenvalue weighted by atomic mass is 9.53. The highest BCUT2D eigenvalue weighted by Crippen LogP contribution is 2.73. The van der Waals surface area contributed by atoms with Crippen LogP contribution in [0.25, 0.3) is 0 Å². The first-order chi connectivity index (χ1) is 19.8. The van der Waals surface area contributed by atoms with Crippen molar-refractivity contribution in [3.8, 4) is 0 Å². The van der Waals surface area contributed by atoms with Crippen molar-refractivity contribution in [2.45, 2.75) is 113 Å². The van der Waals surface area contributed by atoms with Crippen LogP contribution in [0.2, 0.25) is 0 Å². The van der Waals surface area contributed by atoms with E-state index in [4.69, 9.17) is 23.7 Å². The van der Waals surface area contributed by atoms with Crippen LogP contribution in [-0.4, -0.2) is 86.5 Å². The zero-order valence-electron chi connectivity index (χ0n) is 24.9. The lowest BCUT2D eigenvalue weighted by Gasteiger charge is -2.61. The first kappa shape index (κ1) is 29.9. The second kappa shape index (κ2) is 9.66. The minimum atomic E-state index is -2.38. The van der Waals surface area contributed by atoms with Gasteiger partial charge >= 0.3 is 11.9 Å². The molecule has 3 N–H and O–H groups in total. The van der Waals surface area contributed by atoms with Gasteiger partial charge in [-0.2, -0.15) is 0 Å².